The van der Waals surface area contributed by atoms with Crippen LogP contribution in [-0.2, 0) is 9.47 Å². The molecule has 1 aromatic rings. The summed E-state index contributed by atoms with van der Waals surface area (Å²) in [6, 6.07) is 4.94. The minimum Gasteiger partial charge on any atom is -0.462 e. The lowest BCUT2D eigenvalue weighted by atomic mass is 10.1. The van der Waals surface area contributed by atoms with Gasteiger partial charge in [-0.2, -0.15) is 0 Å². The Morgan fingerprint density at radius 2 is 1.59 bits per heavy atom. The molecule has 0 bridgehead atoms. The van der Waals surface area contributed by atoms with E-state index in [2.05, 4.69) is 22.6 Å². The van der Waals surface area contributed by atoms with Gasteiger partial charge in [-0.3, -0.25) is 0 Å². The SMILES string of the molecule is CCOC(=O)c1ccc(I)cc1C(=O)OCC. The maximum absolute atomic E-state index is 11.7. The molecule has 1 aromatic carbocycles. The molecule has 0 spiro atoms. The summed E-state index contributed by atoms with van der Waals surface area (Å²) in [5.74, 6) is -1.01. The van der Waals surface area contributed by atoms with Crippen molar-refractivity contribution in [3.63, 3.8) is 0 Å². The average molecular weight is 348 g/mol. The number of hydrogen-bond acceptors (Lipinski definition) is 4. The summed E-state index contributed by atoms with van der Waals surface area (Å²) in [4.78, 5) is 23.3. The molecule has 4 nitrogen and oxygen atoms in total. The number of halogens is 1. The summed E-state index contributed by atoms with van der Waals surface area (Å²) in [5, 5.41) is 0. The maximum Gasteiger partial charge on any atom is 0.339 e. The van der Waals surface area contributed by atoms with Crippen molar-refractivity contribution in [1.29, 1.82) is 0 Å². The van der Waals surface area contributed by atoms with E-state index in [-0.39, 0.29) is 24.3 Å². The highest BCUT2D eigenvalue weighted by atomic mass is 127. The Morgan fingerprint density at radius 1 is 1.06 bits per heavy atom. The van der Waals surface area contributed by atoms with Gasteiger partial charge in [-0.25, -0.2) is 9.59 Å². The Bertz CT molecular complexity index is 429. The molecule has 0 fully saturated rings. The Hall–Kier alpha value is -1.11. The molecule has 0 aliphatic rings. The van der Waals surface area contributed by atoms with Gasteiger partial charge in [0.05, 0.1) is 24.3 Å². The molecule has 92 valence electrons. The van der Waals surface area contributed by atoms with Gasteiger partial charge in [0.1, 0.15) is 0 Å². The molecule has 0 saturated carbocycles. The number of esters is 2. The van der Waals surface area contributed by atoms with Gasteiger partial charge in [-0.15, -0.1) is 0 Å². The summed E-state index contributed by atoms with van der Waals surface area (Å²) < 4.78 is 10.6. The zero-order chi connectivity index (χ0) is 12.8. The third-order valence-electron chi connectivity index (χ3n) is 1.97. The molecule has 0 amide bonds. The first-order chi connectivity index (χ1) is 8.10. The largest absolute Gasteiger partial charge is 0.462 e. The second kappa shape index (κ2) is 6.58. The van der Waals surface area contributed by atoms with Gasteiger partial charge < -0.3 is 9.47 Å². The summed E-state index contributed by atoms with van der Waals surface area (Å²) in [5.41, 5.74) is 0.489. The molecule has 0 heterocycles. The predicted molar refractivity (Wildman–Crippen MR) is 71.1 cm³/mol. The standard InChI is InChI=1S/C12H13IO4/c1-3-16-11(14)9-6-5-8(13)7-10(9)12(15)17-4-2/h5-7H,3-4H2,1-2H3. The molecule has 1 rings (SSSR count). The third-order valence-corrected chi connectivity index (χ3v) is 2.64. The Balaban J connectivity index is 3.11. The van der Waals surface area contributed by atoms with Crippen molar-refractivity contribution in [2.45, 2.75) is 13.8 Å². The smallest absolute Gasteiger partial charge is 0.339 e. The molecular formula is C12H13IO4. The number of benzene rings is 1. The fourth-order valence-corrected chi connectivity index (χ4v) is 1.77. The molecule has 0 atom stereocenters. The topological polar surface area (TPSA) is 52.6 Å². The number of ether oxygens (including phenoxy) is 2. The first-order valence-electron chi connectivity index (χ1n) is 5.24. The quantitative estimate of drug-likeness (QED) is 0.620. The van der Waals surface area contributed by atoms with Gasteiger partial charge in [-0.05, 0) is 54.6 Å². The summed E-state index contributed by atoms with van der Waals surface area (Å²) in [6.45, 7) is 3.98. The van der Waals surface area contributed by atoms with Crippen molar-refractivity contribution in [1.82, 2.24) is 0 Å². The van der Waals surface area contributed by atoms with Gasteiger partial charge in [0.25, 0.3) is 0 Å². The minimum atomic E-state index is -0.507. The van der Waals surface area contributed by atoms with Crippen LogP contribution in [0.4, 0.5) is 0 Å². The van der Waals surface area contributed by atoms with Crippen LogP contribution < -0.4 is 0 Å². The molecular weight excluding hydrogens is 335 g/mol. The molecule has 0 aromatic heterocycles. The number of carbonyl (C=O) groups is 2. The van der Waals surface area contributed by atoms with Crippen LogP contribution in [0.3, 0.4) is 0 Å². The van der Waals surface area contributed by atoms with Crippen LogP contribution in [0.15, 0.2) is 18.2 Å². The Kier molecular flexibility index (Phi) is 5.40. The highest BCUT2D eigenvalue weighted by Gasteiger charge is 2.19. The van der Waals surface area contributed by atoms with Gasteiger partial charge >= 0.3 is 11.9 Å². The molecule has 0 aliphatic heterocycles. The fourth-order valence-electron chi connectivity index (χ4n) is 1.28. The molecule has 0 unspecified atom stereocenters. The Labute approximate surface area is 113 Å². The molecule has 17 heavy (non-hydrogen) atoms. The number of carbonyl (C=O) groups excluding carboxylic acids is 2. The van der Waals surface area contributed by atoms with E-state index in [1.54, 1.807) is 32.0 Å². The molecule has 0 radical (unpaired) electrons. The van der Waals surface area contributed by atoms with E-state index in [9.17, 15) is 9.59 Å². The van der Waals surface area contributed by atoms with Crippen LogP contribution in [0.25, 0.3) is 0 Å². The second-order valence-electron chi connectivity index (χ2n) is 3.13. The second-order valence-corrected chi connectivity index (χ2v) is 4.38. The maximum atomic E-state index is 11.7. The van der Waals surface area contributed by atoms with Crippen molar-refractivity contribution in [3.8, 4) is 0 Å². The lowest BCUT2D eigenvalue weighted by Crippen LogP contribution is -2.14. The zero-order valence-corrected chi connectivity index (χ0v) is 11.8. The third kappa shape index (κ3) is 3.69. The molecule has 0 aliphatic carbocycles. The van der Waals surface area contributed by atoms with Gasteiger partial charge in [0, 0.05) is 3.57 Å². The van der Waals surface area contributed by atoms with E-state index < -0.39 is 11.9 Å². The lowest BCUT2D eigenvalue weighted by molar-refractivity contribution is 0.0479. The van der Waals surface area contributed by atoms with E-state index in [1.807, 2.05) is 0 Å². The van der Waals surface area contributed by atoms with Crippen LogP contribution in [0.2, 0.25) is 0 Å². The van der Waals surface area contributed by atoms with Gasteiger partial charge in [0.15, 0.2) is 0 Å². The Morgan fingerprint density at radius 3 is 2.12 bits per heavy atom. The molecule has 0 N–H and O–H groups in total. The van der Waals surface area contributed by atoms with Gasteiger partial charge in [-0.1, -0.05) is 0 Å². The zero-order valence-electron chi connectivity index (χ0n) is 9.66. The van der Waals surface area contributed by atoms with Crippen molar-refractivity contribution in [2.24, 2.45) is 0 Å². The predicted octanol–water partition coefficient (Wildman–Crippen LogP) is 2.64. The average Bonchev–Trinajstić information content (AvgIpc) is 2.29. The van der Waals surface area contributed by atoms with Crippen molar-refractivity contribution in [3.05, 3.63) is 32.9 Å². The van der Waals surface area contributed by atoms with E-state index in [4.69, 9.17) is 9.47 Å². The van der Waals surface area contributed by atoms with Crippen molar-refractivity contribution in [2.75, 3.05) is 13.2 Å². The number of hydrogen-bond donors (Lipinski definition) is 0. The van der Waals surface area contributed by atoms with E-state index >= 15 is 0 Å². The van der Waals surface area contributed by atoms with E-state index in [0.29, 0.717) is 0 Å². The summed E-state index contributed by atoms with van der Waals surface area (Å²) in [7, 11) is 0. The summed E-state index contributed by atoms with van der Waals surface area (Å²) >= 11 is 2.07. The lowest BCUT2D eigenvalue weighted by Gasteiger charge is -2.08. The minimum absolute atomic E-state index is 0.241. The number of rotatable bonds is 4. The first-order valence-corrected chi connectivity index (χ1v) is 6.31. The normalized spacial score (nSPS) is 9.82. The van der Waals surface area contributed by atoms with E-state index in [0.717, 1.165) is 3.57 Å². The van der Waals surface area contributed by atoms with Crippen LogP contribution in [0, 0.1) is 3.57 Å². The van der Waals surface area contributed by atoms with Crippen LogP contribution in [-0.4, -0.2) is 25.2 Å². The van der Waals surface area contributed by atoms with Crippen LogP contribution in [0.1, 0.15) is 34.6 Å². The fraction of sp³-hybridized carbons (Fsp3) is 0.333. The van der Waals surface area contributed by atoms with Crippen LogP contribution >= 0.6 is 22.6 Å². The highest BCUT2D eigenvalue weighted by Crippen LogP contribution is 2.16. The van der Waals surface area contributed by atoms with E-state index in [1.165, 1.54) is 0 Å². The highest BCUT2D eigenvalue weighted by molar-refractivity contribution is 14.1. The summed E-state index contributed by atoms with van der Waals surface area (Å²) in [6.07, 6.45) is 0. The van der Waals surface area contributed by atoms with Crippen LogP contribution in [0.5, 0.6) is 0 Å². The molecule has 5 heteroatoms. The van der Waals surface area contributed by atoms with Crippen molar-refractivity contribution >= 4 is 34.5 Å². The first kappa shape index (κ1) is 14.0. The van der Waals surface area contributed by atoms with Crippen molar-refractivity contribution < 1.29 is 19.1 Å². The van der Waals surface area contributed by atoms with Gasteiger partial charge in [0.2, 0.25) is 0 Å². The molecule has 0 saturated heterocycles. The monoisotopic (exact) mass is 348 g/mol.